The van der Waals surface area contributed by atoms with Crippen LogP contribution in [0.25, 0.3) is 0 Å². The second-order valence-electron chi connectivity index (χ2n) is 7.42. The largest absolute Gasteiger partial charge is 0.488 e. The number of aryl methyl sites for hydroxylation is 3. The molecule has 0 aliphatic carbocycles. The van der Waals surface area contributed by atoms with Crippen LogP contribution in [0.1, 0.15) is 34.2 Å². The smallest absolute Gasteiger partial charge is 0.191 e. The number of nitrogens with one attached hydrogen (secondary N) is 2. The third-order valence-corrected chi connectivity index (χ3v) is 5.02. The highest BCUT2D eigenvalue weighted by Gasteiger charge is 2.18. The molecular weight excluding hydrogens is 350 g/mol. The van der Waals surface area contributed by atoms with E-state index in [0.29, 0.717) is 13.2 Å². The number of nitrogens with zero attached hydrogens (tertiary/aromatic N) is 1. The predicted molar refractivity (Wildman–Crippen MR) is 114 cm³/mol. The number of guanidine groups is 1. The zero-order chi connectivity index (χ0) is 19.9. The molecule has 0 saturated carbocycles. The Morgan fingerprint density at radius 3 is 2.36 bits per heavy atom. The molecule has 2 aromatic carbocycles. The molecule has 2 N–H and O–H groups in total. The summed E-state index contributed by atoms with van der Waals surface area (Å²) in [6, 6.07) is 12.8. The van der Waals surface area contributed by atoms with Crippen LogP contribution in [0.4, 0.5) is 0 Å². The first-order chi connectivity index (χ1) is 13.5. The molecule has 3 rings (SSSR count). The maximum atomic E-state index is 6.18. The molecule has 1 aliphatic heterocycles. The minimum Gasteiger partial charge on any atom is -0.488 e. The Morgan fingerprint density at radius 2 is 1.71 bits per heavy atom. The summed E-state index contributed by atoms with van der Waals surface area (Å²) in [5, 5.41) is 6.80. The van der Waals surface area contributed by atoms with E-state index in [1.807, 2.05) is 0 Å². The minimum absolute atomic E-state index is 0.141. The molecule has 150 valence electrons. The van der Waals surface area contributed by atoms with Gasteiger partial charge in [0.15, 0.2) is 5.96 Å². The zero-order valence-corrected chi connectivity index (χ0v) is 17.3. The van der Waals surface area contributed by atoms with E-state index in [4.69, 9.17) is 9.47 Å². The first-order valence-electron chi connectivity index (χ1n) is 9.89. The molecule has 28 heavy (non-hydrogen) atoms. The van der Waals surface area contributed by atoms with Crippen molar-refractivity contribution in [1.29, 1.82) is 0 Å². The van der Waals surface area contributed by atoms with Gasteiger partial charge in [-0.1, -0.05) is 35.9 Å². The van der Waals surface area contributed by atoms with Gasteiger partial charge < -0.3 is 20.1 Å². The Bertz CT molecular complexity index is 827. The average Bonchev–Trinajstić information content (AvgIpc) is 3.17. The number of aliphatic imine (C=N–C) groups is 1. The van der Waals surface area contributed by atoms with Gasteiger partial charge in [-0.3, -0.25) is 4.99 Å². The zero-order valence-electron chi connectivity index (χ0n) is 17.3. The lowest BCUT2D eigenvalue weighted by Gasteiger charge is -2.18. The van der Waals surface area contributed by atoms with Gasteiger partial charge in [0.1, 0.15) is 11.9 Å². The fourth-order valence-corrected chi connectivity index (χ4v) is 3.33. The van der Waals surface area contributed by atoms with Crippen molar-refractivity contribution < 1.29 is 9.47 Å². The van der Waals surface area contributed by atoms with Crippen LogP contribution in [0.5, 0.6) is 5.75 Å². The number of benzene rings is 2. The summed E-state index contributed by atoms with van der Waals surface area (Å²) in [4.78, 5) is 4.35. The van der Waals surface area contributed by atoms with Crippen molar-refractivity contribution in [2.45, 2.75) is 46.4 Å². The standard InChI is InChI=1S/C23H31N3O2/c1-16-5-7-19(18(3)11-16)13-25-23(24-4)26-14-20-8-6-17(2)12-22(20)28-21-9-10-27-15-21/h5-8,11-12,21H,9-10,13-15H2,1-4H3,(H2,24,25,26). The van der Waals surface area contributed by atoms with Gasteiger partial charge in [0.2, 0.25) is 0 Å². The lowest BCUT2D eigenvalue weighted by molar-refractivity contribution is 0.140. The van der Waals surface area contributed by atoms with Crippen molar-refractivity contribution in [1.82, 2.24) is 10.6 Å². The first kappa shape index (κ1) is 20.2. The van der Waals surface area contributed by atoms with Crippen LogP contribution < -0.4 is 15.4 Å². The lowest BCUT2D eigenvalue weighted by Crippen LogP contribution is -2.36. The first-order valence-corrected chi connectivity index (χ1v) is 9.89. The highest BCUT2D eigenvalue weighted by atomic mass is 16.5. The van der Waals surface area contributed by atoms with Gasteiger partial charge in [-0.05, 0) is 43.5 Å². The highest BCUT2D eigenvalue weighted by molar-refractivity contribution is 5.79. The van der Waals surface area contributed by atoms with Crippen LogP contribution in [-0.4, -0.2) is 32.3 Å². The van der Waals surface area contributed by atoms with Crippen LogP contribution >= 0.6 is 0 Å². The van der Waals surface area contributed by atoms with Gasteiger partial charge in [-0.15, -0.1) is 0 Å². The SMILES string of the molecule is CN=C(NCc1ccc(C)cc1C)NCc1ccc(C)cc1OC1CCOC1. The maximum Gasteiger partial charge on any atom is 0.191 e. The molecule has 0 spiro atoms. The summed E-state index contributed by atoms with van der Waals surface area (Å²) in [6.45, 7) is 9.17. The lowest BCUT2D eigenvalue weighted by atomic mass is 10.1. The summed E-state index contributed by atoms with van der Waals surface area (Å²) >= 11 is 0. The third-order valence-electron chi connectivity index (χ3n) is 5.02. The highest BCUT2D eigenvalue weighted by Crippen LogP contribution is 2.23. The van der Waals surface area contributed by atoms with E-state index in [-0.39, 0.29) is 6.10 Å². The average molecular weight is 382 g/mol. The van der Waals surface area contributed by atoms with Crippen LogP contribution in [0.2, 0.25) is 0 Å². The molecule has 0 amide bonds. The molecule has 0 aromatic heterocycles. The predicted octanol–water partition coefficient (Wildman–Crippen LogP) is 3.64. The second kappa shape index (κ2) is 9.60. The summed E-state index contributed by atoms with van der Waals surface area (Å²) in [7, 11) is 1.79. The topological polar surface area (TPSA) is 54.9 Å². The van der Waals surface area contributed by atoms with Crippen LogP contribution in [0.15, 0.2) is 41.4 Å². The van der Waals surface area contributed by atoms with Gasteiger partial charge in [0, 0.05) is 32.1 Å². The molecule has 2 aromatic rings. The number of hydrogen-bond donors (Lipinski definition) is 2. The van der Waals surface area contributed by atoms with E-state index in [1.54, 1.807) is 7.05 Å². The molecule has 5 nitrogen and oxygen atoms in total. The molecule has 5 heteroatoms. The fraction of sp³-hybridized carbons (Fsp3) is 0.435. The molecule has 1 unspecified atom stereocenters. The van der Waals surface area contributed by atoms with Crippen molar-refractivity contribution in [3.8, 4) is 5.75 Å². The Kier molecular flexibility index (Phi) is 6.93. The Hall–Kier alpha value is -2.53. The Labute approximate surface area is 168 Å². The van der Waals surface area contributed by atoms with E-state index < -0.39 is 0 Å². The maximum absolute atomic E-state index is 6.18. The van der Waals surface area contributed by atoms with Crippen molar-refractivity contribution in [3.05, 3.63) is 64.2 Å². The van der Waals surface area contributed by atoms with Crippen LogP contribution in [0.3, 0.4) is 0 Å². The Morgan fingerprint density at radius 1 is 1.04 bits per heavy atom. The van der Waals surface area contributed by atoms with Crippen LogP contribution in [-0.2, 0) is 17.8 Å². The third kappa shape index (κ3) is 5.49. The molecule has 1 heterocycles. The van der Waals surface area contributed by atoms with E-state index >= 15 is 0 Å². The fourth-order valence-electron chi connectivity index (χ4n) is 3.33. The van der Waals surface area contributed by atoms with Gasteiger partial charge in [0.05, 0.1) is 13.2 Å². The van der Waals surface area contributed by atoms with Gasteiger partial charge in [-0.2, -0.15) is 0 Å². The summed E-state index contributed by atoms with van der Waals surface area (Å²) < 4.78 is 11.6. The number of ether oxygens (including phenoxy) is 2. The molecule has 1 aliphatic rings. The van der Waals surface area contributed by atoms with Crippen LogP contribution in [0, 0.1) is 20.8 Å². The van der Waals surface area contributed by atoms with Gasteiger partial charge in [-0.25, -0.2) is 0 Å². The minimum atomic E-state index is 0.141. The summed E-state index contributed by atoms with van der Waals surface area (Å²) in [5.74, 6) is 1.70. The van der Waals surface area contributed by atoms with Crippen molar-refractivity contribution >= 4 is 5.96 Å². The summed E-state index contributed by atoms with van der Waals surface area (Å²) in [6.07, 6.45) is 1.09. The summed E-state index contributed by atoms with van der Waals surface area (Å²) in [5.41, 5.74) is 6.15. The molecule has 1 atom stereocenters. The second-order valence-corrected chi connectivity index (χ2v) is 7.42. The number of rotatable bonds is 6. The van der Waals surface area contributed by atoms with Crippen molar-refractivity contribution in [3.63, 3.8) is 0 Å². The van der Waals surface area contributed by atoms with E-state index in [0.717, 1.165) is 36.8 Å². The Balaban J connectivity index is 1.60. The molecule has 1 saturated heterocycles. The molecule has 0 radical (unpaired) electrons. The van der Waals surface area contributed by atoms with Gasteiger partial charge >= 0.3 is 0 Å². The number of hydrogen-bond acceptors (Lipinski definition) is 3. The van der Waals surface area contributed by atoms with E-state index in [1.165, 1.54) is 22.3 Å². The van der Waals surface area contributed by atoms with Crippen molar-refractivity contribution in [2.75, 3.05) is 20.3 Å². The molecule has 1 fully saturated rings. The van der Waals surface area contributed by atoms with Crippen molar-refractivity contribution in [2.24, 2.45) is 4.99 Å². The monoisotopic (exact) mass is 381 g/mol. The molecule has 0 bridgehead atoms. The van der Waals surface area contributed by atoms with E-state index in [2.05, 4.69) is 72.8 Å². The molecular formula is C23H31N3O2. The van der Waals surface area contributed by atoms with E-state index in [9.17, 15) is 0 Å². The normalized spacial score (nSPS) is 16.9. The van der Waals surface area contributed by atoms with Gasteiger partial charge in [0.25, 0.3) is 0 Å². The quantitative estimate of drug-likeness (QED) is 0.592.